The molecular weight excluding hydrogens is 267 g/mol. The minimum atomic E-state index is -1.36. The number of primary amides is 1. The first-order valence-electron chi connectivity index (χ1n) is 5.44. The second kappa shape index (κ2) is 5.35. The third kappa shape index (κ3) is 2.89. The number of aromatic carboxylic acids is 1. The summed E-state index contributed by atoms with van der Waals surface area (Å²) in [6, 6.07) is 6.50. The Hall–Kier alpha value is -2.96. The van der Waals surface area contributed by atoms with Crippen LogP contribution >= 0.6 is 0 Å². The van der Waals surface area contributed by atoms with Gasteiger partial charge in [0.05, 0.1) is 6.20 Å². The van der Waals surface area contributed by atoms with Crippen molar-refractivity contribution in [2.75, 3.05) is 0 Å². The number of pyridine rings is 1. The highest BCUT2D eigenvalue weighted by molar-refractivity contribution is 5.93. The van der Waals surface area contributed by atoms with E-state index in [2.05, 4.69) is 4.98 Å². The molecule has 1 aromatic carbocycles. The number of hydrogen-bond donors (Lipinski definition) is 2. The molecule has 0 saturated heterocycles. The first kappa shape index (κ1) is 13.5. The minimum Gasteiger partial charge on any atom is -0.477 e. The van der Waals surface area contributed by atoms with E-state index < -0.39 is 23.3 Å². The van der Waals surface area contributed by atoms with E-state index in [0.717, 1.165) is 12.3 Å². The molecule has 3 N–H and O–H groups in total. The molecule has 102 valence electrons. The molecule has 6 nitrogen and oxygen atoms in total. The highest BCUT2D eigenvalue weighted by atomic mass is 19.1. The van der Waals surface area contributed by atoms with Crippen LogP contribution in [0.2, 0.25) is 0 Å². The van der Waals surface area contributed by atoms with Crippen molar-refractivity contribution in [1.29, 1.82) is 0 Å². The van der Waals surface area contributed by atoms with Crippen LogP contribution in [0.4, 0.5) is 4.39 Å². The molecule has 0 radical (unpaired) electrons. The highest BCUT2D eigenvalue weighted by Gasteiger charge is 2.15. The van der Waals surface area contributed by atoms with Gasteiger partial charge in [-0.15, -0.1) is 0 Å². The van der Waals surface area contributed by atoms with Gasteiger partial charge in [-0.05, 0) is 30.3 Å². The van der Waals surface area contributed by atoms with Crippen LogP contribution in [0.25, 0.3) is 0 Å². The Balaban J connectivity index is 2.30. The van der Waals surface area contributed by atoms with Crippen LogP contribution in [0.3, 0.4) is 0 Å². The number of nitrogens with zero attached hydrogens (tertiary/aromatic N) is 1. The lowest BCUT2D eigenvalue weighted by Gasteiger charge is -2.07. The predicted octanol–water partition coefficient (Wildman–Crippen LogP) is 1.81. The van der Waals surface area contributed by atoms with Gasteiger partial charge in [-0.3, -0.25) is 4.79 Å². The zero-order valence-electron chi connectivity index (χ0n) is 10.0. The van der Waals surface area contributed by atoms with E-state index in [1.54, 1.807) is 0 Å². The smallest absolute Gasteiger partial charge is 0.341 e. The summed E-state index contributed by atoms with van der Waals surface area (Å²) in [5.41, 5.74) is 4.97. The summed E-state index contributed by atoms with van der Waals surface area (Å²) >= 11 is 0. The summed E-state index contributed by atoms with van der Waals surface area (Å²) in [6.45, 7) is 0. The minimum absolute atomic E-state index is 0.245. The van der Waals surface area contributed by atoms with Gasteiger partial charge in [0.25, 0.3) is 0 Å². The first-order chi connectivity index (χ1) is 9.47. The molecule has 0 atom stereocenters. The summed E-state index contributed by atoms with van der Waals surface area (Å²) in [5, 5.41) is 8.94. The van der Waals surface area contributed by atoms with Gasteiger partial charge < -0.3 is 15.6 Å². The number of rotatable bonds is 4. The van der Waals surface area contributed by atoms with Gasteiger partial charge in [-0.1, -0.05) is 0 Å². The molecule has 0 aliphatic carbocycles. The molecule has 20 heavy (non-hydrogen) atoms. The maximum atomic E-state index is 13.0. The zero-order chi connectivity index (χ0) is 14.7. The average Bonchev–Trinajstić information content (AvgIpc) is 2.41. The number of benzene rings is 1. The van der Waals surface area contributed by atoms with Crippen LogP contribution in [0.1, 0.15) is 20.7 Å². The Morgan fingerprint density at radius 1 is 1.25 bits per heavy atom. The molecule has 2 rings (SSSR count). The van der Waals surface area contributed by atoms with Crippen LogP contribution in [0.15, 0.2) is 36.5 Å². The Kier molecular flexibility index (Phi) is 3.60. The molecule has 1 amide bonds. The van der Waals surface area contributed by atoms with Crippen LogP contribution in [-0.2, 0) is 0 Å². The lowest BCUT2D eigenvalue weighted by atomic mass is 10.2. The van der Waals surface area contributed by atoms with Crippen LogP contribution in [-0.4, -0.2) is 22.0 Å². The van der Waals surface area contributed by atoms with E-state index in [1.165, 1.54) is 24.3 Å². The van der Waals surface area contributed by atoms with Crippen molar-refractivity contribution in [2.45, 2.75) is 0 Å². The largest absolute Gasteiger partial charge is 0.477 e. The van der Waals surface area contributed by atoms with Gasteiger partial charge in [-0.25, -0.2) is 14.2 Å². The lowest BCUT2D eigenvalue weighted by Crippen LogP contribution is -2.10. The molecular formula is C13H9FN2O4. The standard InChI is InChI=1S/C13H9FN2O4/c14-8-5-10(13(18)19)12(16-6-8)20-9-3-1-7(2-4-9)11(15)17/h1-6H,(H2,15,17)(H,18,19). The molecule has 0 bridgehead atoms. The molecule has 2 aromatic rings. The fourth-order valence-corrected chi connectivity index (χ4v) is 1.46. The van der Waals surface area contributed by atoms with Gasteiger partial charge in [0.15, 0.2) is 0 Å². The SMILES string of the molecule is NC(=O)c1ccc(Oc2ncc(F)cc2C(=O)O)cc1. The van der Waals surface area contributed by atoms with Crippen molar-refractivity contribution >= 4 is 11.9 Å². The van der Waals surface area contributed by atoms with Crippen LogP contribution < -0.4 is 10.5 Å². The van der Waals surface area contributed by atoms with Gasteiger partial charge in [-0.2, -0.15) is 0 Å². The maximum Gasteiger partial charge on any atom is 0.341 e. The third-order valence-corrected chi connectivity index (χ3v) is 2.40. The number of carboxylic acid groups (broad SMARTS) is 1. The zero-order valence-corrected chi connectivity index (χ0v) is 10.0. The first-order valence-corrected chi connectivity index (χ1v) is 5.44. The van der Waals surface area contributed by atoms with E-state index >= 15 is 0 Å². The van der Waals surface area contributed by atoms with E-state index in [0.29, 0.717) is 0 Å². The fourth-order valence-electron chi connectivity index (χ4n) is 1.46. The number of amides is 1. The second-order valence-corrected chi connectivity index (χ2v) is 3.80. The summed E-state index contributed by atoms with van der Waals surface area (Å²) in [5.74, 6) is -2.73. The number of halogens is 1. The molecule has 1 heterocycles. The normalized spacial score (nSPS) is 10.1. The van der Waals surface area contributed by atoms with Gasteiger partial charge in [0.2, 0.25) is 11.8 Å². The third-order valence-electron chi connectivity index (χ3n) is 2.40. The van der Waals surface area contributed by atoms with Crippen LogP contribution in [0.5, 0.6) is 11.6 Å². The number of carboxylic acids is 1. The molecule has 7 heteroatoms. The van der Waals surface area contributed by atoms with E-state index in [-0.39, 0.29) is 17.2 Å². The molecule has 0 fully saturated rings. The highest BCUT2D eigenvalue weighted by Crippen LogP contribution is 2.24. The fraction of sp³-hybridized carbons (Fsp3) is 0. The van der Waals surface area contributed by atoms with E-state index in [4.69, 9.17) is 15.6 Å². The monoisotopic (exact) mass is 276 g/mol. The second-order valence-electron chi connectivity index (χ2n) is 3.80. The Morgan fingerprint density at radius 3 is 2.45 bits per heavy atom. The van der Waals surface area contributed by atoms with Gasteiger partial charge in [0, 0.05) is 5.56 Å². The van der Waals surface area contributed by atoms with Crippen LogP contribution in [0, 0.1) is 5.82 Å². The summed E-state index contributed by atoms with van der Waals surface area (Å²) in [6.07, 6.45) is 0.847. The van der Waals surface area contributed by atoms with Crippen molar-refractivity contribution in [3.63, 3.8) is 0 Å². The Bertz CT molecular complexity index is 671. The quantitative estimate of drug-likeness (QED) is 0.886. The van der Waals surface area contributed by atoms with Crippen molar-refractivity contribution in [3.05, 3.63) is 53.5 Å². The van der Waals surface area contributed by atoms with Gasteiger partial charge in [0.1, 0.15) is 17.1 Å². The van der Waals surface area contributed by atoms with E-state index in [9.17, 15) is 14.0 Å². The number of carbonyl (C=O) groups is 2. The molecule has 0 aliphatic rings. The molecule has 0 aliphatic heterocycles. The van der Waals surface area contributed by atoms with Crippen molar-refractivity contribution in [1.82, 2.24) is 4.98 Å². The Morgan fingerprint density at radius 2 is 1.90 bits per heavy atom. The van der Waals surface area contributed by atoms with Crippen molar-refractivity contribution in [3.8, 4) is 11.6 Å². The predicted molar refractivity (Wildman–Crippen MR) is 66.2 cm³/mol. The molecule has 0 unspecified atom stereocenters. The van der Waals surface area contributed by atoms with Gasteiger partial charge >= 0.3 is 5.97 Å². The average molecular weight is 276 g/mol. The van der Waals surface area contributed by atoms with Crippen molar-refractivity contribution in [2.24, 2.45) is 5.73 Å². The molecule has 0 spiro atoms. The molecule has 0 saturated carbocycles. The maximum absolute atomic E-state index is 13.0. The van der Waals surface area contributed by atoms with E-state index in [1.807, 2.05) is 0 Å². The number of hydrogen-bond acceptors (Lipinski definition) is 4. The molecule has 1 aromatic heterocycles. The number of ether oxygens (including phenoxy) is 1. The topological polar surface area (TPSA) is 103 Å². The summed E-state index contributed by atoms with van der Waals surface area (Å²) in [7, 11) is 0. The summed E-state index contributed by atoms with van der Waals surface area (Å²) in [4.78, 5) is 25.4. The Labute approximate surface area is 112 Å². The lowest BCUT2D eigenvalue weighted by molar-refractivity contribution is 0.0692. The summed E-state index contributed by atoms with van der Waals surface area (Å²) < 4.78 is 18.2. The number of carbonyl (C=O) groups excluding carboxylic acids is 1. The number of aromatic nitrogens is 1. The number of nitrogens with two attached hydrogens (primary N) is 1. The van der Waals surface area contributed by atoms with Crippen molar-refractivity contribution < 1.29 is 23.8 Å².